The van der Waals surface area contributed by atoms with Crippen LogP contribution in [0.5, 0.6) is 5.75 Å². The molecule has 0 amide bonds. The maximum Gasteiger partial charge on any atom is 0.170 e. The molecule has 3 nitrogen and oxygen atoms in total. The van der Waals surface area contributed by atoms with Crippen molar-refractivity contribution < 1.29 is 14.3 Å². The molecule has 1 aliphatic carbocycles. The Bertz CT molecular complexity index is 509. The Morgan fingerprint density at radius 1 is 1.42 bits per heavy atom. The number of hydrogen-bond acceptors (Lipinski definition) is 3. The van der Waals surface area contributed by atoms with Crippen LogP contribution in [-0.2, 0) is 4.74 Å². The fourth-order valence-corrected chi connectivity index (χ4v) is 3.33. The summed E-state index contributed by atoms with van der Waals surface area (Å²) in [6.45, 7) is 2.00. The Balaban J connectivity index is 1.92. The topological polar surface area (TPSA) is 35.5 Å². The van der Waals surface area contributed by atoms with E-state index >= 15 is 0 Å². The van der Waals surface area contributed by atoms with Crippen molar-refractivity contribution >= 4 is 5.78 Å². The van der Waals surface area contributed by atoms with Crippen LogP contribution >= 0.6 is 0 Å². The SMILES string of the molecule is COC1CCCC2(CC(=O)c3cc(C)ccc3O2)C1. The molecule has 2 unspecified atom stereocenters. The lowest BCUT2D eigenvalue weighted by Gasteiger charge is -2.43. The van der Waals surface area contributed by atoms with Gasteiger partial charge in [0.25, 0.3) is 0 Å². The number of aryl methyl sites for hydroxylation is 1. The van der Waals surface area contributed by atoms with E-state index in [-0.39, 0.29) is 17.5 Å². The quantitative estimate of drug-likeness (QED) is 0.777. The molecule has 1 saturated carbocycles. The molecule has 1 spiro atoms. The summed E-state index contributed by atoms with van der Waals surface area (Å²) in [4.78, 5) is 12.4. The largest absolute Gasteiger partial charge is 0.486 e. The average molecular weight is 260 g/mol. The van der Waals surface area contributed by atoms with E-state index in [1.54, 1.807) is 7.11 Å². The predicted molar refractivity (Wildman–Crippen MR) is 72.8 cm³/mol. The number of fused-ring (bicyclic) bond motifs is 1. The molecule has 102 valence electrons. The third kappa shape index (κ3) is 2.27. The van der Waals surface area contributed by atoms with Gasteiger partial charge in [0, 0.05) is 13.5 Å². The first kappa shape index (κ1) is 12.7. The van der Waals surface area contributed by atoms with Crippen LogP contribution in [0.1, 0.15) is 48.0 Å². The van der Waals surface area contributed by atoms with E-state index in [1.165, 1.54) is 0 Å². The molecular formula is C16H20O3. The number of carbonyl (C=O) groups is 1. The van der Waals surface area contributed by atoms with Gasteiger partial charge in [0.05, 0.1) is 18.1 Å². The van der Waals surface area contributed by atoms with Gasteiger partial charge in [-0.25, -0.2) is 0 Å². The molecule has 3 rings (SSSR count). The second kappa shape index (κ2) is 4.64. The summed E-state index contributed by atoms with van der Waals surface area (Å²) in [5.74, 6) is 0.959. The lowest BCUT2D eigenvalue weighted by Crippen LogP contribution is -2.47. The van der Waals surface area contributed by atoms with Crippen LogP contribution < -0.4 is 4.74 Å². The van der Waals surface area contributed by atoms with E-state index in [0.29, 0.717) is 6.42 Å². The van der Waals surface area contributed by atoms with E-state index < -0.39 is 0 Å². The highest BCUT2D eigenvalue weighted by Gasteiger charge is 2.44. The Morgan fingerprint density at radius 2 is 2.26 bits per heavy atom. The van der Waals surface area contributed by atoms with Crippen LogP contribution in [0.25, 0.3) is 0 Å². The Labute approximate surface area is 113 Å². The molecule has 2 atom stereocenters. The first-order valence-corrected chi connectivity index (χ1v) is 6.98. The van der Waals surface area contributed by atoms with E-state index in [0.717, 1.165) is 42.6 Å². The Kier molecular flexibility index (Phi) is 3.09. The summed E-state index contributed by atoms with van der Waals surface area (Å²) in [5, 5.41) is 0. The second-order valence-corrected chi connectivity index (χ2v) is 5.84. The summed E-state index contributed by atoms with van der Waals surface area (Å²) in [7, 11) is 1.74. The molecular weight excluding hydrogens is 240 g/mol. The fourth-order valence-electron chi connectivity index (χ4n) is 3.33. The van der Waals surface area contributed by atoms with Crippen molar-refractivity contribution in [2.24, 2.45) is 0 Å². The lowest BCUT2D eigenvalue weighted by atomic mass is 9.77. The van der Waals surface area contributed by atoms with Gasteiger partial charge in [0.1, 0.15) is 11.4 Å². The minimum absolute atomic E-state index is 0.210. The van der Waals surface area contributed by atoms with Gasteiger partial charge in [-0.3, -0.25) is 4.79 Å². The minimum Gasteiger partial charge on any atom is -0.486 e. The van der Waals surface area contributed by atoms with Crippen molar-refractivity contribution in [3.8, 4) is 5.75 Å². The highest BCUT2D eigenvalue weighted by atomic mass is 16.5. The third-order valence-corrected chi connectivity index (χ3v) is 4.34. The van der Waals surface area contributed by atoms with Gasteiger partial charge in [-0.15, -0.1) is 0 Å². The second-order valence-electron chi connectivity index (χ2n) is 5.84. The van der Waals surface area contributed by atoms with Crippen molar-refractivity contribution in [1.82, 2.24) is 0 Å². The zero-order chi connectivity index (χ0) is 13.5. The molecule has 3 heteroatoms. The summed E-state index contributed by atoms with van der Waals surface area (Å²) in [6.07, 6.45) is 4.61. The molecule has 19 heavy (non-hydrogen) atoms. The Morgan fingerprint density at radius 3 is 3.05 bits per heavy atom. The molecule has 1 aromatic carbocycles. The molecule has 2 aliphatic rings. The highest BCUT2D eigenvalue weighted by Crippen LogP contribution is 2.42. The number of Topliss-reactive ketones (excluding diaryl/α,β-unsaturated/α-hetero) is 1. The molecule has 0 saturated heterocycles. The number of rotatable bonds is 1. The van der Waals surface area contributed by atoms with Gasteiger partial charge in [-0.2, -0.15) is 0 Å². The van der Waals surface area contributed by atoms with Gasteiger partial charge in [-0.1, -0.05) is 11.6 Å². The van der Waals surface area contributed by atoms with Crippen molar-refractivity contribution in [2.45, 2.75) is 50.7 Å². The van der Waals surface area contributed by atoms with Crippen molar-refractivity contribution in [2.75, 3.05) is 7.11 Å². The number of ether oxygens (including phenoxy) is 2. The summed E-state index contributed by atoms with van der Waals surface area (Å²) >= 11 is 0. The fraction of sp³-hybridized carbons (Fsp3) is 0.562. The van der Waals surface area contributed by atoms with Crippen LogP contribution in [0.3, 0.4) is 0 Å². The standard InChI is InChI=1S/C16H20O3/c1-11-5-6-15-13(8-11)14(17)10-16(19-15)7-3-4-12(9-16)18-2/h5-6,8,12H,3-4,7,9-10H2,1-2H3. The average Bonchev–Trinajstić information content (AvgIpc) is 2.40. The molecule has 0 radical (unpaired) electrons. The highest BCUT2D eigenvalue weighted by molar-refractivity contribution is 6.00. The number of carbonyl (C=O) groups excluding carboxylic acids is 1. The lowest BCUT2D eigenvalue weighted by molar-refractivity contribution is -0.0466. The molecule has 1 aliphatic heterocycles. The molecule has 0 aromatic heterocycles. The van der Waals surface area contributed by atoms with Crippen LogP contribution in [0.4, 0.5) is 0 Å². The van der Waals surface area contributed by atoms with E-state index in [1.807, 2.05) is 25.1 Å². The number of methoxy groups -OCH3 is 1. The Hall–Kier alpha value is -1.35. The molecule has 0 N–H and O–H groups in total. The van der Waals surface area contributed by atoms with Crippen LogP contribution in [-0.4, -0.2) is 24.6 Å². The molecule has 1 heterocycles. The normalized spacial score (nSPS) is 30.0. The van der Waals surface area contributed by atoms with E-state index in [2.05, 4.69) is 0 Å². The zero-order valence-electron chi connectivity index (χ0n) is 11.6. The van der Waals surface area contributed by atoms with Gasteiger partial charge in [-0.05, 0) is 38.3 Å². The van der Waals surface area contributed by atoms with Gasteiger partial charge in [0.15, 0.2) is 5.78 Å². The molecule has 1 fully saturated rings. The number of benzene rings is 1. The maximum atomic E-state index is 12.4. The van der Waals surface area contributed by atoms with Crippen LogP contribution in [0, 0.1) is 6.92 Å². The minimum atomic E-state index is -0.335. The predicted octanol–water partition coefficient (Wildman–Crippen LogP) is 3.29. The van der Waals surface area contributed by atoms with E-state index in [9.17, 15) is 4.79 Å². The molecule has 0 bridgehead atoms. The van der Waals surface area contributed by atoms with Crippen molar-refractivity contribution in [3.05, 3.63) is 29.3 Å². The smallest absolute Gasteiger partial charge is 0.170 e. The van der Waals surface area contributed by atoms with Gasteiger partial charge < -0.3 is 9.47 Å². The van der Waals surface area contributed by atoms with Gasteiger partial charge in [0.2, 0.25) is 0 Å². The number of ketones is 1. The van der Waals surface area contributed by atoms with E-state index in [4.69, 9.17) is 9.47 Å². The van der Waals surface area contributed by atoms with Gasteiger partial charge >= 0.3 is 0 Å². The monoisotopic (exact) mass is 260 g/mol. The van der Waals surface area contributed by atoms with Crippen LogP contribution in [0.15, 0.2) is 18.2 Å². The third-order valence-electron chi connectivity index (χ3n) is 4.34. The first-order chi connectivity index (χ1) is 9.12. The molecule has 1 aromatic rings. The first-order valence-electron chi connectivity index (χ1n) is 6.98. The number of hydrogen-bond donors (Lipinski definition) is 0. The summed E-state index contributed by atoms with van der Waals surface area (Å²) in [6, 6.07) is 5.86. The summed E-state index contributed by atoms with van der Waals surface area (Å²) < 4.78 is 11.7. The van der Waals surface area contributed by atoms with Crippen molar-refractivity contribution in [1.29, 1.82) is 0 Å². The maximum absolute atomic E-state index is 12.4. The van der Waals surface area contributed by atoms with Crippen LogP contribution in [0.2, 0.25) is 0 Å². The summed E-state index contributed by atoms with van der Waals surface area (Å²) in [5.41, 5.74) is 1.51. The zero-order valence-corrected chi connectivity index (χ0v) is 11.6. The van der Waals surface area contributed by atoms with Crippen molar-refractivity contribution in [3.63, 3.8) is 0 Å².